The molecular weight excluding hydrogens is 528 g/mol. The Balaban J connectivity index is 1.40. The maximum atomic E-state index is 14.2. The lowest BCUT2D eigenvalue weighted by molar-refractivity contribution is -0.136. The number of halogens is 1. The zero-order valence-corrected chi connectivity index (χ0v) is 21.2. The Kier molecular flexibility index (Phi) is 5.51. The Morgan fingerprint density at radius 1 is 1.06 bits per heavy atom. The number of carbonyl (C=O) groups excluding carboxylic acids is 4. The Morgan fingerprint density at radius 3 is 2.47 bits per heavy atom. The van der Waals surface area contributed by atoms with Crippen LogP contribution >= 0.6 is 15.9 Å². The van der Waals surface area contributed by atoms with Crippen molar-refractivity contribution in [3.05, 3.63) is 58.6 Å². The SMILES string of the molecule is C[C@@H]1N[C@]2(C(=O)N(CC(=O)N3CCOCC3)c3ccccc32)[C@H]2C(=O)N(c3ccc(Br)cc3)C(=O)[C@H]12. The maximum absolute atomic E-state index is 14.2. The molecule has 4 atom stereocenters. The molecule has 1 N–H and O–H groups in total. The molecule has 186 valence electrons. The van der Waals surface area contributed by atoms with Gasteiger partial charge in [-0.1, -0.05) is 34.1 Å². The van der Waals surface area contributed by atoms with Crippen LogP contribution in [0.15, 0.2) is 53.0 Å². The van der Waals surface area contributed by atoms with Gasteiger partial charge in [-0.05, 0) is 37.3 Å². The lowest BCUT2D eigenvalue weighted by atomic mass is 9.76. The van der Waals surface area contributed by atoms with Gasteiger partial charge in [0.2, 0.25) is 17.7 Å². The van der Waals surface area contributed by atoms with Crippen molar-refractivity contribution in [1.82, 2.24) is 10.2 Å². The lowest BCUT2D eigenvalue weighted by Gasteiger charge is -2.31. The van der Waals surface area contributed by atoms with E-state index in [2.05, 4.69) is 21.2 Å². The van der Waals surface area contributed by atoms with E-state index in [4.69, 9.17) is 4.74 Å². The van der Waals surface area contributed by atoms with Crippen LogP contribution in [0.25, 0.3) is 0 Å². The van der Waals surface area contributed by atoms with Crippen molar-refractivity contribution in [3.8, 4) is 0 Å². The molecule has 3 fully saturated rings. The summed E-state index contributed by atoms with van der Waals surface area (Å²) in [5, 5.41) is 3.35. The molecule has 4 aliphatic heterocycles. The van der Waals surface area contributed by atoms with Crippen LogP contribution in [-0.4, -0.2) is 67.4 Å². The van der Waals surface area contributed by atoms with Gasteiger partial charge >= 0.3 is 0 Å². The summed E-state index contributed by atoms with van der Waals surface area (Å²) < 4.78 is 6.18. The summed E-state index contributed by atoms with van der Waals surface area (Å²) in [6, 6.07) is 13.8. The highest BCUT2D eigenvalue weighted by atomic mass is 79.9. The topological polar surface area (TPSA) is 99.3 Å². The summed E-state index contributed by atoms with van der Waals surface area (Å²) in [6.07, 6.45) is 0. The van der Waals surface area contributed by atoms with E-state index >= 15 is 0 Å². The molecule has 9 nitrogen and oxygen atoms in total. The summed E-state index contributed by atoms with van der Waals surface area (Å²) in [5.74, 6) is -2.89. The number of para-hydroxylation sites is 1. The van der Waals surface area contributed by atoms with Gasteiger partial charge in [-0.25, -0.2) is 4.90 Å². The quantitative estimate of drug-likeness (QED) is 0.581. The first-order valence-corrected chi connectivity index (χ1v) is 12.8. The first-order chi connectivity index (χ1) is 17.3. The number of hydrogen-bond donors (Lipinski definition) is 1. The molecular formula is C26H25BrN4O5. The molecule has 0 aliphatic carbocycles. The molecule has 36 heavy (non-hydrogen) atoms. The third kappa shape index (κ3) is 3.21. The first-order valence-electron chi connectivity index (χ1n) is 12.0. The third-order valence-corrected chi connectivity index (χ3v) is 8.28. The normalized spacial score (nSPS) is 29.3. The fraction of sp³-hybridized carbons (Fsp3) is 0.385. The highest BCUT2D eigenvalue weighted by Gasteiger charge is 2.71. The zero-order valence-electron chi connectivity index (χ0n) is 19.6. The number of imide groups is 1. The Bertz CT molecular complexity index is 1280. The fourth-order valence-electron chi connectivity index (χ4n) is 6.16. The van der Waals surface area contributed by atoms with Gasteiger partial charge in [-0.2, -0.15) is 0 Å². The van der Waals surface area contributed by atoms with Crippen LogP contribution in [0.3, 0.4) is 0 Å². The van der Waals surface area contributed by atoms with Crippen molar-refractivity contribution >= 4 is 50.9 Å². The van der Waals surface area contributed by atoms with Crippen molar-refractivity contribution < 1.29 is 23.9 Å². The van der Waals surface area contributed by atoms with Crippen LogP contribution in [-0.2, 0) is 29.5 Å². The molecule has 4 heterocycles. The van der Waals surface area contributed by atoms with Gasteiger partial charge in [0.1, 0.15) is 12.1 Å². The van der Waals surface area contributed by atoms with Crippen LogP contribution in [0.4, 0.5) is 11.4 Å². The minimum atomic E-state index is -1.41. The minimum Gasteiger partial charge on any atom is -0.378 e. The van der Waals surface area contributed by atoms with Crippen molar-refractivity contribution in [3.63, 3.8) is 0 Å². The van der Waals surface area contributed by atoms with Gasteiger partial charge < -0.3 is 14.5 Å². The number of nitrogens with one attached hydrogen (secondary N) is 1. The maximum Gasteiger partial charge on any atom is 0.253 e. The molecule has 6 rings (SSSR count). The van der Waals surface area contributed by atoms with Gasteiger partial charge in [0.05, 0.1) is 30.7 Å². The van der Waals surface area contributed by atoms with Crippen molar-refractivity contribution in [2.75, 3.05) is 42.6 Å². The van der Waals surface area contributed by atoms with Crippen LogP contribution in [0.2, 0.25) is 0 Å². The van der Waals surface area contributed by atoms with E-state index in [1.54, 1.807) is 35.2 Å². The van der Waals surface area contributed by atoms with Gasteiger partial charge in [0.15, 0.2) is 0 Å². The summed E-state index contributed by atoms with van der Waals surface area (Å²) in [6.45, 7) is 3.58. The molecule has 10 heteroatoms. The summed E-state index contributed by atoms with van der Waals surface area (Å²) in [5.41, 5.74) is 0.279. The van der Waals surface area contributed by atoms with E-state index in [1.165, 1.54) is 9.80 Å². The van der Waals surface area contributed by atoms with E-state index in [-0.39, 0.29) is 24.3 Å². The molecule has 0 radical (unpaired) electrons. The van der Waals surface area contributed by atoms with E-state index in [1.807, 2.05) is 25.1 Å². The molecule has 3 saturated heterocycles. The number of nitrogens with zero attached hydrogens (tertiary/aromatic N) is 3. The average molecular weight is 553 g/mol. The molecule has 2 aromatic carbocycles. The van der Waals surface area contributed by atoms with Crippen molar-refractivity contribution in [1.29, 1.82) is 0 Å². The largest absolute Gasteiger partial charge is 0.378 e. The number of hydrogen-bond acceptors (Lipinski definition) is 6. The van der Waals surface area contributed by atoms with Crippen LogP contribution in [0.5, 0.6) is 0 Å². The number of carbonyl (C=O) groups is 4. The number of amides is 4. The second-order valence-corrected chi connectivity index (χ2v) is 10.6. The summed E-state index contributed by atoms with van der Waals surface area (Å²) >= 11 is 3.39. The Hall–Kier alpha value is -3.08. The molecule has 2 aromatic rings. The van der Waals surface area contributed by atoms with Crippen LogP contribution < -0.4 is 15.1 Å². The number of rotatable bonds is 3. The molecule has 4 amide bonds. The summed E-state index contributed by atoms with van der Waals surface area (Å²) in [4.78, 5) is 59.2. The number of fused-ring (bicyclic) bond motifs is 4. The van der Waals surface area contributed by atoms with Crippen molar-refractivity contribution in [2.24, 2.45) is 11.8 Å². The molecule has 0 unspecified atom stereocenters. The van der Waals surface area contributed by atoms with E-state index in [0.29, 0.717) is 43.2 Å². The van der Waals surface area contributed by atoms with Crippen LogP contribution in [0, 0.1) is 11.8 Å². The van der Waals surface area contributed by atoms with Crippen LogP contribution in [0.1, 0.15) is 12.5 Å². The first kappa shape index (κ1) is 23.3. The Morgan fingerprint density at radius 2 is 1.75 bits per heavy atom. The minimum absolute atomic E-state index is 0.135. The van der Waals surface area contributed by atoms with E-state index in [0.717, 1.165) is 4.47 Å². The number of ether oxygens (including phenoxy) is 1. The Labute approximate surface area is 216 Å². The lowest BCUT2D eigenvalue weighted by Crippen LogP contribution is -2.56. The monoisotopic (exact) mass is 552 g/mol. The molecule has 1 spiro atoms. The third-order valence-electron chi connectivity index (χ3n) is 7.76. The average Bonchev–Trinajstić information content (AvgIpc) is 3.43. The smallest absolute Gasteiger partial charge is 0.253 e. The van der Waals surface area contributed by atoms with E-state index < -0.39 is 29.3 Å². The molecule has 0 aromatic heterocycles. The molecule has 4 aliphatic rings. The predicted octanol–water partition coefficient (Wildman–Crippen LogP) is 1.65. The van der Waals surface area contributed by atoms with Crippen molar-refractivity contribution in [2.45, 2.75) is 18.5 Å². The van der Waals surface area contributed by atoms with Gasteiger partial charge in [-0.15, -0.1) is 0 Å². The van der Waals surface area contributed by atoms with Gasteiger partial charge in [0.25, 0.3) is 5.91 Å². The second-order valence-electron chi connectivity index (χ2n) is 9.63. The highest BCUT2D eigenvalue weighted by Crippen LogP contribution is 2.55. The number of morpholine rings is 1. The standard InChI is InChI=1S/C26H25BrN4O5/c1-15-21-22(24(34)31(23(21)33)17-8-6-16(27)7-9-17)26(28-15)18-4-2-3-5-19(18)30(25(26)35)14-20(32)29-10-12-36-13-11-29/h2-9,15,21-22,28H,10-14H2,1H3/t15-,21+,22+,26-/m0/s1. The van der Waals surface area contributed by atoms with Gasteiger partial charge in [0, 0.05) is 34.9 Å². The number of anilines is 2. The second kappa shape index (κ2) is 8.50. The van der Waals surface area contributed by atoms with Gasteiger partial charge in [-0.3, -0.25) is 24.5 Å². The molecule has 0 bridgehead atoms. The number of benzene rings is 2. The zero-order chi connectivity index (χ0) is 25.2. The highest BCUT2D eigenvalue weighted by molar-refractivity contribution is 9.10. The fourth-order valence-corrected chi connectivity index (χ4v) is 6.42. The molecule has 0 saturated carbocycles. The summed E-state index contributed by atoms with van der Waals surface area (Å²) in [7, 11) is 0. The van der Waals surface area contributed by atoms with E-state index in [9.17, 15) is 19.2 Å². The predicted molar refractivity (Wildman–Crippen MR) is 134 cm³/mol.